The number of hydrogen-bond acceptors (Lipinski definition) is 3. The molecule has 2 amide bonds. The molecular formula is C14H18N2O2. The fourth-order valence-electron chi connectivity index (χ4n) is 2.13. The van der Waals surface area contributed by atoms with Crippen LogP contribution in [0.25, 0.3) is 0 Å². The average molecular weight is 246 g/mol. The molecule has 0 saturated carbocycles. The van der Waals surface area contributed by atoms with Crippen LogP contribution >= 0.6 is 0 Å². The first-order valence-corrected chi connectivity index (χ1v) is 6.30. The number of benzene rings is 1. The normalized spacial score (nSPS) is 19.6. The van der Waals surface area contributed by atoms with Crippen LogP contribution in [0.3, 0.4) is 0 Å². The highest BCUT2D eigenvalue weighted by Crippen LogP contribution is 2.20. The first-order valence-electron chi connectivity index (χ1n) is 6.30. The summed E-state index contributed by atoms with van der Waals surface area (Å²) >= 11 is 0. The Morgan fingerprint density at radius 3 is 2.78 bits per heavy atom. The van der Waals surface area contributed by atoms with E-state index in [1.54, 1.807) is 0 Å². The van der Waals surface area contributed by atoms with Gasteiger partial charge >= 0.3 is 0 Å². The molecule has 1 aromatic carbocycles. The highest BCUT2D eigenvalue weighted by atomic mass is 16.2. The van der Waals surface area contributed by atoms with Gasteiger partial charge in [0.25, 0.3) is 0 Å². The smallest absolute Gasteiger partial charge is 0.249 e. The number of amides is 2. The fraction of sp³-hybridized carbons (Fsp3) is 0.429. The molecule has 1 fully saturated rings. The van der Waals surface area contributed by atoms with Crippen molar-refractivity contribution < 1.29 is 9.59 Å². The Hall–Kier alpha value is -1.84. The highest BCUT2D eigenvalue weighted by molar-refractivity contribution is 6.01. The van der Waals surface area contributed by atoms with E-state index >= 15 is 0 Å². The lowest BCUT2D eigenvalue weighted by molar-refractivity contribution is -0.133. The Kier molecular flexibility index (Phi) is 3.65. The van der Waals surface area contributed by atoms with Crippen molar-refractivity contribution in [1.82, 2.24) is 5.32 Å². The van der Waals surface area contributed by atoms with Crippen molar-refractivity contribution in [2.75, 3.05) is 5.32 Å². The van der Waals surface area contributed by atoms with Crippen LogP contribution in [0.2, 0.25) is 0 Å². The third-order valence-corrected chi connectivity index (χ3v) is 3.27. The molecule has 1 aliphatic heterocycles. The average Bonchev–Trinajstić information content (AvgIpc) is 2.34. The van der Waals surface area contributed by atoms with E-state index < -0.39 is 0 Å². The fourth-order valence-corrected chi connectivity index (χ4v) is 2.13. The maximum atomic E-state index is 11.6. The van der Waals surface area contributed by atoms with Crippen molar-refractivity contribution in [3.8, 4) is 0 Å². The third-order valence-electron chi connectivity index (χ3n) is 3.27. The van der Waals surface area contributed by atoms with Crippen LogP contribution in [-0.2, 0) is 16.0 Å². The minimum Gasteiger partial charge on any atom is -0.373 e. The second-order valence-electron chi connectivity index (χ2n) is 4.65. The lowest BCUT2D eigenvalue weighted by atomic mass is 10.0. The maximum absolute atomic E-state index is 11.6. The summed E-state index contributed by atoms with van der Waals surface area (Å²) in [6, 6.07) is 5.86. The number of carbonyl (C=O) groups excluding carboxylic acids is 2. The second kappa shape index (κ2) is 5.21. The molecule has 4 heteroatoms. The number of hydrogen-bond donors (Lipinski definition) is 2. The molecule has 0 aliphatic carbocycles. The first kappa shape index (κ1) is 12.6. The molecule has 18 heavy (non-hydrogen) atoms. The van der Waals surface area contributed by atoms with Crippen LogP contribution in [0, 0.1) is 6.92 Å². The number of imide groups is 1. The lowest BCUT2D eigenvalue weighted by Crippen LogP contribution is -2.47. The molecule has 1 heterocycles. The van der Waals surface area contributed by atoms with E-state index in [-0.39, 0.29) is 17.9 Å². The second-order valence-corrected chi connectivity index (χ2v) is 4.65. The molecule has 1 aromatic rings. The maximum Gasteiger partial charge on any atom is 0.249 e. The van der Waals surface area contributed by atoms with E-state index in [4.69, 9.17) is 0 Å². The van der Waals surface area contributed by atoms with Gasteiger partial charge in [0.2, 0.25) is 11.8 Å². The van der Waals surface area contributed by atoms with Gasteiger partial charge in [0.05, 0.1) is 0 Å². The summed E-state index contributed by atoms with van der Waals surface area (Å²) in [4.78, 5) is 22.7. The van der Waals surface area contributed by atoms with Gasteiger partial charge in [-0.2, -0.15) is 0 Å². The van der Waals surface area contributed by atoms with Crippen molar-refractivity contribution in [2.24, 2.45) is 0 Å². The molecule has 0 bridgehead atoms. The molecule has 1 aliphatic rings. The zero-order chi connectivity index (χ0) is 13.1. The summed E-state index contributed by atoms with van der Waals surface area (Å²) in [6.07, 6.45) is 1.95. The van der Waals surface area contributed by atoms with Crippen molar-refractivity contribution in [3.63, 3.8) is 0 Å². The van der Waals surface area contributed by atoms with Gasteiger partial charge in [-0.15, -0.1) is 0 Å². The Morgan fingerprint density at radius 1 is 1.39 bits per heavy atom. The van der Waals surface area contributed by atoms with E-state index in [2.05, 4.69) is 29.7 Å². The Morgan fingerprint density at radius 2 is 2.17 bits per heavy atom. The van der Waals surface area contributed by atoms with E-state index in [9.17, 15) is 9.59 Å². The molecule has 96 valence electrons. The Labute approximate surface area is 107 Å². The number of aryl methyl sites for hydroxylation is 2. The van der Waals surface area contributed by atoms with E-state index in [0.29, 0.717) is 12.8 Å². The standard InChI is InChI=1S/C14H18N2O2/c1-3-10-4-5-11(9(2)8-10)15-12-6-7-13(17)16-14(12)18/h4-5,8,12,15H,3,6-7H2,1-2H3,(H,16,17,18). The molecule has 0 aromatic heterocycles. The largest absolute Gasteiger partial charge is 0.373 e. The van der Waals surface area contributed by atoms with Crippen LogP contribution in [0.5, 0.6) is 0 Å². The predicted octanol–water partition coefficient (Wildman–Crippen LogP) is 1.77. The van der Waals surface area contributed by atoms with Crippen molar-refractivity contribution >= 4 is 17.5 Å². The molecule has 1 atom stereocenters. The number of nitrogens with one attached hydrogen (secondary N) is 2. The molecule has 4 nitrogen and oxygen atoms in total. The van der Waals surface area contributed by atoms with Gasteiger partial charge < -0.3 is 5.32 Å². The van der Waals surface area contributed by atoms with Gasteiger partial charge in [-0.25, -0.2) is 0 Å². The number of piperidine rings is 1. The van der Waals surface area contributed by atoms with Gasteiger partial charge in [-0.1, -0.05) is 19.1 Å². The summed E-state index contributed by atoms with van der Waals surface area (Å²) in [7, 11) is 0. The third kappa shape index (κ3) is 2.70. The molecule has 1 unspecified atom stereocenters. The van der Waals surface area contributed by atoms with Crippen LogP contribution in [0.4, 0.5) is 5.69 Å². The van der Waals surface area contributed by atoms with Crippen molar-refractivity contribution in [3.05, 3.63) is 29.3 Å². The minimum atomic E-state index is -0.311. The van der Waals surface area contributed by atoms with Gasteiger partial charge in [0.1, 0.15) is 6.04 Å². The summed E-state index contributed by atoms with van der Waals surface area (Å²) in [6.45, 7) is 4.13. The van der Waals surface area contributed by atoms with Crippen LogP contribution in [0.1, 0.15) is 30.9 Å². The SMILES string of the molecule is CCc1ccc(NC2CCC(=O)NC2=O)c(C)c1. The zero-order valence-corrected chi connectivity index (χ0v) is 10.7. The quantitative estimate of drug-likeness (QED) is 0.799. The monoisotopic (exact) mass is 246 g/mol. The lowest BCUT2D eigenvalue weighted by Gasteiger charge is -2.23. The number of rotatable bonds is 3. The Bertz CT molecular complexity index is 483. The van der Waals surface area contributed by atoms with E-state index in [1.807, 2.05) is 13.0 Å². The molecule has 2 N–H and O–H groups in total. The van der Waals surface area contributed by atoms with Gasteiger partial charge in [0, 0.05) is 12.1 Å². The van der Waals surface area contributed by atoms with Gasteiger partial charge in [-0.3, -0.25) is 14.9 Å². The summed E-state index contributed by atoms with van der Waals surface area (Å²) < 4.78 is 0. The van der Waals surface area contributed by atoms with Crippen molar-refractivity contribution in [1.29, 1.82) is 0 Å². The van der Waals surface area contributed by atoms with Gasteiger partial charge in [0.15, 0.2) is 0 Å². The molecule has 2 rings (SSSR count). The van der Waals surface area contributed by atoms with Crippen LogP contribution in [-0.4, -0.2) is 17.9 Å². The predicted molar refractivity (Wildman–Crippen MR) is 70.4 cm³/mol. The summed E-state index contributed by atoms with van der Waals surface area (Å²) in [5.74, 6) is -0.415. The summed E-state index contributed by atoms with van der Waals surface area (Å²) in [5, 5.41) is 5.56. The number of anilines is 1. The van der Waals surface area contributed by atoms with E-state index in [1.165, 1.54) is 5.56 Å². The minimum absolute atomic E-state index is 0.184. The molecule has 0 spiro atoms. The Balaban J connectivity index is 2.09. The van der Waals surface area contributed by atoms with Crippen molar-refractivity contribution in [2.45, 2.75) is 39.2 Å². The van der Waals surface area contributed by atoms with Crippen LogP contribution < -0.4 is 10.6 Å². The highest BCUT2D eigenvalue weighted by Gasteiger charge is 2.26. The first-order chi connectivity index (χ1) is 8.60. The molecule has 1 saturated heterocycles. The van der Waals surface area contributed by atoms with E-state index in [0.717, 1.165) is 17.7 Å². The summed E-state index contributed by atoms with van der Waals surface area (Å²) in [5.41, 5.74) is 3.36. The van der Waals surface area contributed by atoms with Crippen LogP contribution in [0.15, 0.2) is 18.2 Å². The van der Waals surface area contributed by atoms with Gasteiger partial charge in [-0.05, 0) is 37.0 Å². The number of carbonyl (C=O) groups is 2. The molecule has 0 radical (unpaired) electrons. The zero-order valence-electron chi connectivity index (χ0n) is 10.7. The topological polar surface area (TPSA) is 58.2 Å². The molecular weight excluding hydrogens is 228 g/mol.